The van der Waals surface area contributed by atoms with E-state index in [0.717, 1.165) is 5.69 Å². The first-order chi connectivity index (χ1) is 32.3. The van der Waals surface area contributed by atoms with Gasteiger partial charge in [0.25, 0.3) is 0 Å². The van der Waals surface area contributed by atoms with Gasteiger partial charge in [-0.15, -0.1) is 0 Å². The lowest BCUT2D eigenvalue weighted by atomic mass is 9.70. The number of fused-ring (bicyclic) bond motifs is 18. The monoisotopic (exact) mass is 841 g/mol. The van der Waals surface area contributed by atoms with E-state index >= 15 is 0 Å². The number of hydrogen-bond donors (Lipinski definition) is 0. The van der Waals surface area contributed by atoms with Crippen molar-refractivity contribution in [2.75, 3.05) is 4.90 Å². The van der Waals surface area contributed by atoms with E-state index < -0.39 is 0 Å². The lowest BCUT2D eigenvalue weighted by Crippen LogP contribution is -2.25. The van der Waals surface area contributed by atoms with Crippen LogP contribution in [0.3, 0.4) is 0 Å². The molecule has 14 rings (SSSR count). The molecule has 0 aliphatic heterocycles. The molecule has 0 atom stereocenters. The summed E-state index contributed by atoms with van der Waals surface area (Å²) in [7, 11) is 0. The molecule has 66 heavy (non-hydrogen) atoms. The minimum absolute atomic E-state index is 0.140. The molecule has 0 fully saturated rings. The van der Waals surface area contributed by atoms with Crippen LogP contribution in [0.4, 0.5) is 17.1 Å². The van der Waals surface area contributed by atoms with E-state index in [4.69, 9.17) is 0 Å². The number of benzene rings is 10. The van der Waals surface area contributed by atoms with Crippen molar-refractivity contribution in [3.63, 3.8) is 0 Å². The molecule has 1 heteroatoms. The third kappa shape index (κ3) is 4.65. The van der Waals surface area contributed by atoms with Crippen molar-refractivity contribution in [2.45, 2.75) is 43.9 Å². The summed E-state index contributed by atoms with van der Waals surface area (Å²) >= 11 is 0. The third-order valence-corrected chi connectivity index (χ3v) is 16.0. The molecule has 10 aromatic carbocycles. The van der Waals surface area contributed by atoms with Crippen LogP contribution < -0.4 is 4.90 Å². The summed E-state index contributed by atoms with van der Waals surface area (Å²) in [5.41, 5.74) is 26.8. The summed E-state index contributed by atoms with van der Waals surface area (Å²) in [4.78, 5) is 2.59. The first-order valence-corrected chi connectivity index (χ1v) is 23.5. The van der Waals surface area contributed by atoms with Crippen molar-refractivity contribution in [3.8, 4) is 55.6 Å². The molecule has 0 N–H and O–H groups in total. The lowest BCUT2D eigenvalue weighted by molar-refractivity contribution is 0.660. The Labute approximate surface area is 387 Å². The zero-order valence-corrected chi connectivity index (χ0v) is 37.7. The molecule has 0 amide bonds. The van der Waals surface area contributed by atoms with Gasteiger partial charge in [-0.2, -0.15) is 0 Å². The average Bonchev–Trinajstić information content (AvgIpc) is 4.00. The molecule has 312 valence electrons. The van der Waals surface area contributed by atoms with Crippen molar-refractivity contribution < 1.29 is 0 Å². The molecule has 0 saturated carbocycles. The maximum Gasteiger partial charge on any atom is 0.0725 e. The Morgan fingerprint density at radius 2 is 0.788 bits per heavy atom. The van der Waals surface area contributed by atoms with Crippen LogP contribution in [0.2, 0.25) is 0 Å². The van der Waals surface area contributed by atoms with E-state index in [9.17, 15) is 0 Å². The van der Waals surface area contributed by atoms with Crippen LogP contribution in [-0.4, -0.2) is 0 Å². The summed E-state index contributed by atoms with van der Waals surface area (Å²) in [5.74, 6) is 0. The number of hydrogen-bond acceptors (Lipinski definition) is 1. The van der Waals surface area contributed by atoms with Crippen molar-refractivity contribution in [2.24, 2.45) is 0 Å². The van der Waals surface area contributed by atoms with Crippen molar-refractivity contribution in [1.29, 1.82) is 0 Å². The van der Waals surface area contributed by atoms with Crippen molar-refractivity contribution in [3.05, 3.63) is 257 Å². The Bertz CT molecular complexity index is 3670. The Hall–Kier alpha value is -7.74. The number of nitrogens with zero attached hydrogens (tertiary/aromatic N) is 1. The Morgan fingerprint density at radius 3 is 1.45 bits per heavy atom. The predicted octanol–water partition coefficient (Wildman–Crippen LogP) is 16.9. The van der Waals surface area contributed by atoms with Crippen LogP contribution >= 0.6 is 0 Å². The van der Waals surface area contributed by atoms with E-state index in [-0.39, 0.29) is 16.2 Å². The van der Waals surface area contributed by atoms with Crippen molar-refractivity contribution >= 4 is 27.8 Å². The lowest BCUT2D eigenvalue weighted by Gasteiger charge is -2.32. The van der Waals surface area contributed by atoms with E-state index in [1.54, 1.807) is 0 Å². The first kappa shape index (κ1) is 37.6. The van der Waals surface area contributed by atoms with Gasteiger partial charge in [0.05, 0.1) is 16.8 Å². The summed E-state index contributed by atoms with van der Waals surface area (Å²) < 4.78 is 0. The summed E-state index contributed by atoms with van der Waals surface area (Å²) in [6.45, 7) is 9.59. The van der Waals surface area contributed by atoms with Crippen LogP contribution in [0.25, 0.3) is 66.4 Å². The van der Waals surface area contributed by atoms with Gasteiger partial charge in [-0.25, -0.2) is 0 Å². The minimum Gasteiger partial charge on any atom is -0.309 e. The number of anilines is 3. The topological polar surface area (TPSA) is 3.24 Å². The molecule has 1 nitrogen and oxygen atoms in total. The maximum atomic E-state index is 2.59. The molecule has 1 spiro atoms. The van der Waals surface area contributed by atoms with Crippen molar-refractivity contribution in [1.82, 2.24) is 0 Å². The molecule has 0 aromatic heterocycles. The molecule has 0 radical (unpaired) electrons. The zero-order chi connectivity index (χ0) is 44.1. The van der Waals surface area contributed by atoms with Gasteiger partial charge < -0.3 is 4.90 Å². The van der Waals surface area contributed by atoms with Gasteiger partial charge in [-0.05, 0) is 124 Å². The van der Waals surface area contributed by atoms with Crippen LogP contribution in [0.15, 0.2) is 212 Å². The van der Waals surface area contributed by atoms with Gasteiger partial charge in [0.2, 0.25) is 0 Å². The molecule has 4 aliphatic carbocycles. The van der Waals surface area contributed by atoms with E-state index in [1.165, 1.54) is 122 Å². The molecule has 0 saturated heterocycles. The second-order valence-electron chi connectivity index (χ2n) is 19.9. The van der Waals surface area contributed by atoms with Gasteiger partial charge >= 0.3 is 0 Å². The van der Waals surface area contributed by atoms with E-state index in [0.29, 0.717) is 0 Å². The molecule has 0 bridgehead atoms. The SMILES string of the molecule is CC1(C)c2ccccc2-c2c(N(c3ccc(-c4cccc5c4-c4ccccc4C54c5ccccc5-c5ccccc54)cc3)c3cc4ccccc4c4c3-c3ccccc3C4(C)C)cccc21. The van der Waals surface area contributed by atoms with Crippen LogP contribution in [-0.2, 0) is 16.2 Å². The maximum absolute atomic E-state index is 2.59. The molecule has 4 aliphatic rings. The second kappa shape index (κ2) is 13.2. The highest BCUT2D eigenvalue weighted by molar-refractivity contribution is 6.08. The fourth-order valence-electron chi connectivity index (χ4n) is 13.3. The minimum atomic E-state index is -0.385. The van der Waals surface area contributed by atoms with E-state index in [1.807, 2.05) is 0 Å². The highest BCUT2D eigenvalue weighted by atomic mass is 15.1. The van der Waals surface area contributed by atoms with E-state index in [2.05, 4.69) is 245 Å². The molecule has 0 unspecified atom stereocenters. The standard InChI is InChI=1S/C65H47N/c1-63(2)50-27-12-9-23-47(50)60-55(63)32-18-34-57(60)66(58-39-41-19-5-6-20-44(41)62-61(58)48-24-10-13-28-51(48)64(62,3)4)42-37-35-40(36-38-42)43-26-17-33-56-59(43)49-25-11-16-31-54(49)65(56)52-29-14-7-21-45(52)46-22-8-15-30-53(46)65/h5-39H,1-4H3. The second-order valence-corrected chi connectivity index (χ2v) is 19.9. The van der Waals surface area contributed by atoms with Crippen LogP contribution in [0.5, 0.6) is 0 Å². The van der Waals surface area contributed by atoms with Crippen LogP contribution in [0, 0.1) is 0 Å². The molecule has 0 heterocycles. The summed E-state index contributed by atoms with van der Waals surface area (Å²) in [6.07, 6.45) is 0. The fourth-order valence-corrected chi connectivity index (χ4v) is 13.3. The first-order valence-electron chi connectivity index (χ1n) is 23.5. The highest BCUT2D eigenvalue weighted by Gasteiger charge is 2.52. The Morgan fingerprint density at radius 1 is 0.318 bits per heavy atom. The Balaban J connectivity index is 1.02. The van der Waals surface area contributed by atoms with Crippen LogP contribution in [0.1, 0.15) is 72.2 Å². The van der Waals surface area contributed by atoms with Gasteiger partial charge in [-0.1, -0.05) is 216 Å². The molecular weight excluding hydrogens is 795 g/mol. The highest BCUT2D eigenvalue weighted by Crippen LogP contribution is 2.65. The largest absolute Gasteiger partial charge is 0.309 e. The van der Waals surface area contributed by atoms with Gasteiger partial charge in [0.15, 0.2) is 0 Å². The predicted molar refractivity (Wildman–Crippen MR) is 275 cm³/mol. The fraction of sp³-hybridized carbons (Fsp3) is 0.108. The Kier molecular flexibility index (Phi) is 7.51. The quantitative estimate of drug-likeness (QED) is 0.171. The zero-order valence-electron chi connectivity index (χ0n) is 37.7. The molecule has 10 aromatic rings. The smallest absolute Gasteiger partial charge is 0.0725 e. The number of rotatable bonds is 4. The van der Waals surface area contributed by atoms with Gasteiger partial charge in [0, 0.05) is 27.6 Å². The van der Waals surface area contributed by atoms with Gasteiger partial charge in [-0.3, -0.25) is 0 Å². The third-order valence-electron chi connectivity index (χ3n) is 16.0. The van der Waals surface area contributed by atoms with Gasteiger partial charge in [0.1, 0.15) is 0 Å². The summed E-state index contributed by atoms with van der Waals surface area (Å²) in [6, 6.07) is 80.5. The summed E-state index contributed by atoms with van der Waals surface area (Å²) in [5, 5.41) is 2.57. The average molecular weight is 842 g/mol. The molecular formula is C65H47N. The normalized spacial score (nSPS) is 15.3.